The molecule has 0 spiro atoms. The first-order chi connectivity index (χ1) is 34.7. The maximum absolute atomic E-state index is 6.70. The third-order valence-corrected chi connectivity index (χ3v) is 14.4. The largest absolute Gasteiger partial charge is 0.456 e. The summed E-state index contributed by atoms with van der Waals surface area (Å²) in [4.78, 5) is 15.4. The van der Waals surface area contributed by atoms with Crippen LogP contribution < -0.4 is 0 Å². The smallest absolute Gasteiger partial charge is 0.238 e. The molecule has 5 nitrogen and oxygen atoms in total. The van der Waals surface area contributed by atoms with Crippen LogP contribution in [-0.4, -0.2) is 19.5 Å². The molecule has 5 heteroatoms. The Bertz CT molecular complexity index is 4530. The second kappa shape index (κ2) is 15.0. The van der Waals surface area contributed by atoms with Gasteiger partial charge in [0.2, 0.25) is 5.95 Å². The van der Waals surface area contributed by atoms with Crippen LogP contribution in [0.15, 0.2) is 235 Å². The van der Waals surface area contributed by atoms with E-state index in [2.05, 4.69) is 174 Å². The normalized spacial score (nSPS) is 12.0. The Hall–Kier alpha value is -9.45. The van der Waals surface area contributed by atoms with E-state index >= 15 is 0 Å². The molecule has 0 atom stereocenters. The number of benzene rings is 12. The zero-order valence-electron chi connectivity index (χ0n) is 37.6. The van der Waals surface area contributed by atoms with Crippen molar-refractivity contribution in [2.75, 3.05) is 0 Å². The Labute approximate surface area is 401 Å². The lowest BCUT2D eigenvalue weighted by atomic mass is 9.85. The number of aromatic nitrogens is 4. The molecule has 70 heavy (non-hydrogen) atoms. The Kier molecular flexibility index (Phi) is 8.29. The van der Waals surface area contributed by atoms with Crippen LogP contribution in [0, 0.1) is 0 Å². The van der Waals surface area contributed by atoms with E-state index in [4.69, 9.17) is 19.4 Å². The van der Waals surface area contributed by atoms with Gasteiger partial charge in [-0.3, -0.25) is 4.57 Å². The molecule has 324 valence electrons. The van der Waals surface area contributed by atoms with E-state index < -0.39 is 0 Å². The van der Waals surface area contributed by atoms with Crippen LogP contribution in [0.3, 0.4) is 0 Å². The van der Waals surface area contributed by atoms with E-state index in [1.807, 2.05) is 60.7 Å². The summed E-state index contributed by atoms with van der Waals surface area (Å²) in [6.45, 7) is 0. The first-order valence-corrected chi connectivity index (χ1v) is 23.8. The highest BCUT2D eigenvalue weighted by Crippen LogP contribution is 2.47. The molecule has 0 bridgehead atoms. The van der Waals surface area contributed by atoms with Gasteiger partial charge in [-0.05, 0) is 119 Å². The van der Waals surface area contributed by atoms with Crippen molar-refractivity contribution in [2.45, 2.75) is 0 Å². The molecule has 3 aromatic heterocycles. The summed E-state index contributed by atoms with van der Waals surface area (Å²) in [6.07, 6.45) is 0. The molecule has 12 aromatic carbocycles. The summed E-state index contributed by atoms with van der Waals surface area (Å²) in [5, 5.41) is 16.7. The van der Waals surface area contributed by atoms with Gasteiger partial charge in [-0.2, -0.15) is 9.97 Å². The summed E-state index contributed by atoms with van der Waals surface area (Å²) < 4.78 is 8.89. The zero-order valence-corrected chi connectivity index (χ0v) is 37.6. The molecule has 0 radical (unpaired) electrons. The van der Waals surface area contributed by atoms with Crippen LogP contribution in [0.25, 0.3) is 149 Å². The van der Waals surface area contributed by atoms with Crippen molar-refractivity contribution in [2.24, 2.45) is 0 Å². The van der Waals surface area contributed by atoms with Gasteiger partial charge in [0.1, 0.15) is 11.2 Å². The monoisotopic (exact) mass is 890 g/mol. The topological polar surface area (TPSA) is 56.7 Å². The van der Waals surface area contributed by atoms with Crippen molar-refractivity contribution in [1.29, 1.82) is 0 Å². The molecule has 0 unspecified atom stereocenters. The molecular formula is C65H38N4O. The molecule has 0 saturated heterocycles. The van der Waals surface area contributed by atoms with Crippen LogP contribution >= 0.6 is 0 Å². The molecule has 15 rings (SSSR count). The van der Waals surface area contributed by atoms with Crippen molar-refractivity contribution in [1.82, 2.24) is 19.5 Å². The van der Waals surface area contributed by atoms with Gasteiger partial charge in [0, 0.05) is 32.7 Å². The molecule has 0 amide bonds. The van der Waals surface area contributed by atoms with E-state index in [-0.39, 0.29) is 0 Å². The molecule has 0 fully saturated rings. The molecule has 0 aliphatic heterocycles. The lowest BCUT2D eigenvalue weighted by Crippen LogP contribution is -2.06. The molecule has 0 saturated carbocycles. The van der Waals surface area contributed by atoms with Crippen LogP contribution in [-0.2, 0) is 0 Å². The van der Waals surface area contributed by atoms with Crippen LogP contribution in [0.1, 0.15) is 0 Å². The average molecular weight is 891 g/mol. The molecule has 0 N–H and O–H groups in total. The van der Waals surface area contributed by atoms with Gasteiger partial charge in [-0.1, -0.05) is 188 Å². The highest BCUT2D eigenvalue weighted by molar-refractivity contribution is 6.29. The number of furan rings is 1. The molecule has 3 heterocycles. The lowest BCUT2D eigenvalue weighted by molar-refractivity contribution is 0.669. The highest BCUT2D eigenvalue weighted by Gasteiger charge is 2.22. The van der Waals surface area contributed by atoms with E-state index in [0.717, 1.165) is 66.0 Å². The number of hydrogen-bond acceptors (Lipinski definition) is 4. The second-order valence-electron chi connectivity index (χ2n) is 18.2. The van der Waals surface area contributed by atoms with Crippen molar-refractivity contribution in [3.8, 4) is 51.0 Å². The Morgan fingerprint density at radius 2 is 0.671 bits per heavy atom. The van der Waals surface area contributed by atoms with E-state index in [1.165, 1.54) is 65.0 Å². The van der Waals surface area contributed by atoms with E-state index in [1.54, 1.807) is 0 Å². The van der Waals surface area contributed by atoms with Crippen molar-refractivity contribution < 1.29 is 4.42 Å². The summed E-state index contributed by atoms with van der Waals surface area (Å²) >= 11 is 0. The summed E-state index contributed by atoms with van der Waals surface area (Å²) in [5.41, 5.74) is 10.4. The van der Waals surface area contributed by atoms with Gasteiger partial charge in [0.15, 0.2) is 11.6 Å². The van der Waals surface area contributed by atoms with E-state index in [9.17, 15) is 0 Å². The fraction of sp³-hybridized carbons (Fsp3) is 0. The Morgan fingerprint density at radius 3 is 1.23 bits per heavy atom. The molecule has 0 aliphatic carbocycles. The van der Waals surface area contributed by atoms with Crippen LogP contribution in [0.4, 0.5) is 0 Å². The van der Waals surface area contributed by atoms with Crippen molar-refractivity contribution >= 4 is 97.6 Å². The van der Waals surface area contributed by atoms with Gasteiger partial charge >= 0.3 is 0 Å². The van der Waals surface area contributed by atoms with Crippen molar-refractivity contribution in [3.63, 3.8) is 0 Å². The maximum atomic E-state index is 6.70. The fourth-order valence-electron chi connectivity index (χ4n) is 11.3. The predicted octanol–water partition coefficient (Wildman–Crippen LogP) is 17.3. The minimum Gasteiger partial charge on any atom is -0.456 e. The first-order valence-electron chi connectivity index (χ1n) is 23.8. The second-order valence-corrected chi connectivity index (χ2v) is 18.2. The van der Waals surface area contributed by atoms with Crippen molar-refractivity contribution in [3.05, 3.63) is 231 Å². The fourth-order valence-corrected chi connectivity index (χ4v) is 11.3. The third-order valence-electron chi connectivity index (χ3n) is 14.4. The van der Waals surface area contributed by atoms with Crippen LogP contribution in [0.2, 0.25) is 0 Å². The Morgan fingerprint density at radius 1 is 0.257 bits per heavy atom. The number of nitrogens with zero attached hydrogens (tertiary/aromatic N) is 4. The summed E-state index contributed by atoms with van der Waals surface area (Å²) in [7, 11) is 0. The van der Waals surface area contributed by atoms with Gasteiger partial charge < -0.3 is 4.42 Å². The highest BCUT2D eigenvalue weighted by atomic mass is 16.3. The van der Waals surface area contributed by atoms with Gasteiger partial charge in [-0.25, -0.2) is 4.98 Å². The molecule has 15 aromatic rings. The summed E-state index contributed by atoms with van der Waals surface area (Å²) in [6, 6.07) is 82.3. The third kappa shape index (κ3) is 5.76. The molecule has 0 aliphatic rings. The van der Waals surface area contributed by atoms with Gasteiger partial charge in [0.05, 0.1) is 11.0 Å². The first kappa shape index (κ1) is 38.6. The van der Waals surface area contributed by atoms with Crippen LogP contribution in [0.5, 0.6) is 0 Å². The number of fused-ring (bicyclic) bond motifs is 14. The zero-order chi connectivity index (χ0) is 45.9. The van der Waals surface area contributed by atoms with E-state index in [0.29, 0.717) is 17.6 Å². The predicted molar refractivity (Wildman–Crippen MR) is 291 cm³/mol. The van der Waals surface area contributed by atoms with Gasteiger partial charge in [0.25, 0.3) is 0 Å². The standard InChI is InChI=1S/C65H38N4O/c1-3-17-39(18-4-1)63-66-64(40-19-5-2-6-20-40)68-65(67-63)69-57-30-16-15-25-47(57)54-35-41(31-33-58(54)69)61-48-26-11-13-28-50(48)62(51-29-14-12-27-49(51)61)42-32-34-59-55(36-42)56-37-52-45-23-9-7-21-43(45)44-22-8-10-24-46(44)53(52)38-60(56)70-59/h1-38H. The maximum Gasteiger partial charge on any atom is 0.238 e. The quantitative estimate of drug-likeness (QED) is 0.128. The van der Waals surface area contributed by atoms with Gasteiger partial charge in [-0.15, -0.1) is 0 Å². The number of hydrogen-bond donors (Lipinski definition) is 0. The number of para-hydroxylation sites is 1. The average Bonchev–Trinajstić information content (AvgIpc) is 3.96. The number of rotatable bonds is 5. The Balaban J connectivity index is 0.933. The lowest BCUT2D eigenvalue weighted by Gasteiger charge is -2.18. The minimum absolute atomic E-state index is 0.573. The molecular weight excluding hydrogens is 853 g/mol. The minimum atomic E-state index is 0.573. The summed E-state index contributed by atoms with van der Waals surface area (Å²) in [5.74, 6) is 1.83. The SMILES string of the molecule is c1ccc(-c2nc(-c3ccccc3)nc(-n3c4ccccc4c4cc(-c5c6ccccc6c(-c6ccc7oc8cc9c%10ccccc%10c%10ccccc%10c9cc8c7c6)c6ccccc56)ccc43)n2)cc1.